The van der Waals surface area contributed by atoms with E-state index in [1.807, 2.05) is 0 Å². The van der Waals surface area contributed by atoms with Crippen molar-refractivity contribution in [3.8, 4) is 0 Å². The van der Waals surface area contributed by atoms with Crippen molar-refractivity contribution in [1.82, 2.24) is 4.90 Å². The Labute approximate surface area is 136 Å². The molecule has 2 aliphatic rings. The molecule has 0 radical (unpaired) electrons. The maximum Gasteiger partial charge on any atom is 0.0511 e. The zero-order valence-electron chi connectivity index (χ0n) is 12.9. The third-order valence-corrected chi connectivity index (χ3v) is 5.60. The SMILES string of the molecule is CCC(N)Cc1ccc(N2CCN3CCCC3C2)c(Br)c1. The normalized spacial score (nSPS) is 24.1. The molecule has 2 atom stereocenters. The van der Waals surface area contributed by atoms with Crippen LogP contribution < -0.4 is 10.6 Å². The Morgan fingerprint density at radius 3 is 2.95 bits per heavy atom. The molecular weight excluding hydrogens is 326 g/mol. The highest BCUT2D eigenvalue weighted by Gasteiger charge is 2.31. The quantitative estimate of drug-likeness (QED) is 0.904. The van der Waals surface area contributed by atoms with Gasteiger partial charge in [0.05, 0.1) is 5.69 Å². The average Bonchev–Trinajstić information content (AvgIpc) is 2.94. The fourth-order valence-electron chi connectivity index (χ4n) is 3.59. The Morgan fingerprint density at radius 1 is 1.33 bits per heavy atom. The van der Waals surface area contributed by atoms with Crippen LogP contribution >= 0.6 is 15.9 Å². The smallest absolute Gasteiger partial charge is 0.0511 e. The van der Waals surface area contributed by atoms with Crippen LogP contribution in [0.3, 0.4) is 0 Å². The number of nitrogens with zero attached hydrogens (tertiary/aromatic N) is 2. The molecule has 2 fully saturated rings. The molecule has 0 spiro atoms. The van der Waals surface area contributed by atoms with E-state index in [0.29, 0.717) is 0 Å². The van der Waals surface area contributed by atoms with Gasteiger partial charge in [-0.05, 0) is 65.9 Å². The number of rotatable bonds is 4. The first-order valence-electron chi connectivity index (χ1n) is 8.20. The lowest BCUT2D eigenvalue weighted by molar-refractivity contribution is 0.231. The second kappa shape index (κ2) is 6.67. The van der Waals surface area contributed by atoms with E-state index in [-0.39, 0.29) is 6.04 Å². The van der Waals surface area contributed by atoms with E-state index in [1.165, 1.54) is 48.2 Å². The van der Waals surface area contributed by atoms with Gasteiger partial charge in [-0.25, -0.2) is 0 Å². The maximum atomic E-state index is 6.06. The van der Waals surface area contributed by atoms with Crippen LogP contribution in [-0.4, -0.2) is 43.2 Å². The first kappa shape index (κ1) is 15.3. The number of hydrogen-bond acceptors (Lipinski definition) is 3. The van der Waals surface area contributed by atoms with Crippen LogP contribution in [0.5, 0.6) is 0 Å². The van der Waals surface area contributed by atoms with Gasteiger partial charge >= 0.3 is 0 Å². The summed E-state index contributed by atoms with van der Waals surface area (Å²) in [6, 6.07) is 7.80. The zero-order chi connectivity index (χ0) is 14.8. The van der Waals surface area contributed by atoms with E-state index >= 15 is 0 Å². The summed E-state index contributed by atoms with van der Waals surface area (Å²) in [6.07, 6.45) is 4.72. The van der Waals surface area contributed by atoms with Crippen molar-refractivity contribution in [3.05, 3.63) is 28.2 Å². The van der Waals surface area contributed by atoms with Crippen LogP contribution in [-0.2, 0) is 6.42 Å². The van der Waals surface area contributed by atoms with Crippen molar-refractivity contribution in [2.45, 2.75) is 44.7 Å². The fourth-order valence-corrected chi connectivity index (χ4v) is 4.27. The molecule has 3 rings (SSSR count). The number of piperazine rings is 1. The predicted molar refractivity (Wildman–Crippen MR) is 92.9 cm³/mol. The van der Waals surface area contributed by atoms with Crippen LogP contribution in [0.25, 0.3) is 0 Å². The molecular formula is C17H26BrN3. The first-order valence-corrected chi connectivity index (χ1v) is 8.99. The van der Waals surface area contributed by atoms with Crippen molar-refractivity contribution >= 4 is 21.6 Å². The topological polar surface area (TPSA) is 32.5 Å². The second-order valence-corrected chi connectivity index (χ2v) is 7.29. The summed E-state index contributed by atoms with van der Waals surface area (Å²) in [7, 11) is 0. The number of nitrogens with two attached hydrogens (primary N) is 1. The molecule has 2 saturated heterocycles. The molecule has 116 valence electrons. The second-order valence-electron chi connectivity index (χ2n) is 6.44. The van der Waals surface area contributed by atoms with Gasteiger partial charge in [-0.1, -0.05) is 13.0 Å². The van der Waals surface area contributed by atoms with E-state index in [2.05, 4.69) is 50.9 Å². The lowest BCUT2D eigenvalue weighted by Crippen LogP contribution is -2.50. The van der Waals surface area contributed by atoms with E-state index < -0.39 is 0 Å². The number of halogens is 1. The average molecular weight is 352 g/mol. The number of anilines is 1. The van der Waals surface area contributed by atoms with E-state index in [4.69, 9.17) is 5.73 Å². The predicted octanol–water partition coefficient (Wildman–Crippen LogP) is 3.01. The van der Waals surface area contributed by atoms with E-state index in [0.717, 1.165) is 25.4 Å². The summed E-state index contributed by atoms with van der Waals surface area (Å²) in [5.74, 6) is 0. The monoisotopic (exact) mass is 351 g/mol. The third-order valence-electron chi connectivity index (χ3n) is 4.96. The zero-order valence-corrected chi connectivity index (χ0v) is 14.5. The molecule has 2 N–H and O–H groups in total. The summed E-state index contributed by atoms with van der Waals surface area (Å²) in [5.41, 5.74) is 8.74. The van der Waals surface area contributed by atoms with Crippen molar-refractivity contribution in [3.63, 3.8) is 0 Å². The molecule has 0 aromatic heterocycles. The van der Waals surface area contributed by atoms with Crippen LogP contribution in [0.15, 0.2) is 22.7 Å². The first-order chi connectivity index (χ1) is 10.2. The van der Waals surface area contributed by atoms with E-state index in [1.54, 1.807) is 0 Å². The van der Waals surface area contributed by atoms with E-state index in [9.17, 15) is 0 Å². The minimum Gasteiger partial charge on any atom is -0.368 e. The van der Waals surface area contributed by atoms with Gasteiger partial charge in [0.1, 0.15) is 0 Å². The van der Waals surface area contributed by atoms with Crippen LogP contribution in [0.4, 0.5) is 5.69 Å². The molecule has 2 heterocycles. The lowest BCUT2D eigenvalue weighted by Gasteiger charge is -2.39. The molecule has 4 heteroatoms. The number of benzene rings is 1. The summed E-state index contributed by atoms with van der Waals surface area (Å²) in [4.78, 5) is 5.19. The standard InChI is InChI=1S/C17H26BrN3/c1-2-14(19)10-13-5-6-17(16(18)11-13)21-9-8-20-7-3-4-15(20)12-21/h5-6,11,14-15H,2-4,7-10,12,19H2,1H3. The minimum absolute atomic E-state index is 0.268. The molecule has 2 aliphatic heterocycles. The van der Waals surface area contributed by atoms with Crippen molar-refractivity contribution in [1.29, 1.82) is 0 Å². The largest absolute Gasteiger partial charge is 0.368 e. The van der Waals surface area contributed by atoms with Gasteiger partial charge in [0, 0.05) is 36.2 Å². The molecule has 0 saturated carbocycles. The van der Waals surface area contributed by atoms with Gasteiger partial charge in [-0.15, -0.1) is 0 Å². The molecule has 0 aliphatic carbocycles. The minimum atomic E-state index is 0.268. The van der Waals surface area contributed by atoms with Crippen molar-refractivity contribution < 1.29 is 0 Å². The molecule has 1 aromatic carbocycles. The van der Waals surface area contributed by atoms with Crippen LogP contribution in [0, 0.1) is 0 Å². The van der Waals surface area contributed by atoms with Crippen molar-refractivity contribution in [2.75, 3.05) is 31.1 Å². The van der Waals surface area contributed by atoms with Gasteiger partial charge in [0.15, 0.2) is 0 Å². The van der Waals surface area contributed by atoms with Gasteiger partial charge in [-0.2, -0.15) is 0 Å². The molecule has 2 unspecified atom stereocenters. The highest BCUT2D eigenvalue weighted by atomic mass is 79.9. The highest BCUT2D eigenvalue weighted by molar-refractivity contribution is 9.10. The van der Waals surface area contributed by atoms with Crippen LogP contribution in [0.1, 0.15) is 31.7 Å². The Balaban J connectivity index is 1.70. The highest BCUT2D eigenvalue weighted by Crippen LogP contribution is 2.31. The Bertz CT molecular complexity index is 491. The summed E-state index contributed by atoms with van der Waals surface area (Å²) in [6.45, 7) is 6.97. The van der Waals surface area contributed by atoms with Gasteiger partial charge in [-0.3, -0.25) is 4.90 Å². The number of hydrogen-bond donors (Lipinski definition) is 1. The fraction of sp³-hybridized carbons (Fsp3) is 0.647. The Kier molecular flexibility index (Phi) is 4.87. The number of fused-ring (bicyclic) bond motifs is 1. The summed E-state index contributed by atoms with van der Waals surface area (Å²) in [5, 5.41) is 0. The summed E-state index contributed by atoms with van der Waals surface area (Å²) >= 11 is 3.77. The molecule has 1 aromatic rings. The van der Waals surface area contributed by atoms with Gasteiger partial charge in [0.25, 0.3) is 0 Å². The maximum absolute atomic E-state index is 6.06. The molecule has 3 nitrogen and oxygen atoms in total. The molecule has 0 bridgehead atoms. The molecule has 21 heavy (non-hydrogen) atoms. The summed E-state index contributed by atoms with van der Waals surface area (Å²) < 4.78 is 1.22. The van der Waals surface area contributed by atoms with Crippen molar-refractivity contribution in [2.24, 2.45) is 5.73 Å². The van der Waals surface area contributed by atoms with Gasteiger partial charge < -0.3 is 10.6 Å². The van der Waals surface area contributed by atoms with Crippen LogP contribution in [0.2, 0.25) is 0 Å². The van der Waals surface area contributed by atoms with Gasteiger partial charge in [0.2, 0.25) is 0 Å². The Hall–Kier alpha value is -0.580. The lowest BCUT2D eigenvalue weighted by atomic mass is 10.0. The Morgan fingerprint density at radius 2 is 2.19 bits per heavy atom. The molecule has 0 amide bonds. The third kappa shape index (κ3) is 3.43.